The zero-order valence-electron chi connectivity index (χ0n) is 11.9. The summed E-state index contributed by atoms with van der Waals surface area (Å²) in [4.78, 5) is 20.5. The maximum atomic E-state index is 12.3. The van der Waals surface area contributed by atoms with Gasteiger partial charge in [-0.25, -0.2) is 18.4 Å². The van der Waals surface area contributed by atoms with Crippen LogP contribution in [0.2, 0.25) is 5.02 Å². The highest BCUT2D eigenvalue weighted by Gasteiger charge is 2.21. The van der Waals surface area contributed by atoms with Gasteiger partial charge in [0.2, 0.25) is 20.1 Å². The Hall–Kier alpha value is -1.44. The number of aromatic nitrogens is 2. The quantitative estimate of drug-likeness (QED) is 0.618. The maximum absolute atomic E-state index is 12.3. The standard InChI is InChI=1S/C14H13ClN2O3S2/c1-3-22(19,20)14-16-8-11(15)12(17-14)13(18)21-10-6-4-9(2)5-7-10/h4-8H,3H2,1-2H3. The van der Waals surface area contributed by atoms with Crippen molar-refractivity contribution in [3.8, 4) is 0 Å². The topological polar surface area (TPSA) is 77.0 Å². The van der Waals surface area contributed by atoms with E-state index in [0.717, 1.165) is 28.4 Å². The van der Waals surface area contributed by atoms with Crippen LogP contribution in [0.5, 0.6) is 0 Å². The van der Waals surface area contributed by atoms with E-state index in [1.807, 2.05) is 19.1 Å². The smallest absolute Gasteiger partial charge is 0.247 e. The largest absolute Gasteiger partial charge is 0.279 e. The van der Waals surface area contributed by atoms with Crippen molar-refractivity contribution in [3.05, 3.63) is 46.7 Å². The van der Waals surface area contributed by atoms with Gasteiger partial charge in [-0.15, -0.1) is 0 Å². The first-order chi connectivity index (χ1) is 10.3. The number of carbonyl (C=O) groups is 1. The van der Waals surface area contributed by atoms with Gasteiger partial charge >= 0.3 is 0 Å². The molecule has 2 rings (SSSR count). The molecule has 2 aromatic rings. The van der Waals surface area contributed by atoms with E-state index in [2.05, 4.69) is 9.97 Å². The van der Waals surface area contributed by atoms with Crippen LogP contribution in [-0.2, 0) is 9.84 Å². The molecular formula is C14H13ClN2O3S2. The van der Waals surface area contributed by atoms with E-state index in [4.69, 9.17) is 11.6 Å². The Labute approximate surface area is 138 Å². The van der Waals surface area contributed by atoms with E-state index in [-0.39, 0.29) is 21.6 Å². The van der Waals surface area contributed by atoms with Gasteiger partial charge in [0.15, 0.2) is 0 Å². The highest BCUT2D eigenvalue weighted by Crippen LogP contribution is 2.26. The predicted molar refractivity (Wildman–Crippen MR) is 86.1 cm³/mol. The Balaban J connectivity index is 2.33. The Morgan fingerprint density at radius 2 is 1.91 bits per heavy atom. The number of rotatable bonds is 4. The molecule has 0 saturated heterocycles. The maximum Gasteiger partial charge on any atom is 0.247 e. The molecule has 0 aliphatic heterocycles. The van der Waals surface area contributed by atoms with Gasteiger partial charge < -0.3 is 0 Å². The Morgan fingerprint density at radius 1 is 1.27 bits per heavy atom. The molecule has 116 valence electrons. The minimum Gasteiger partial charge on any atom is -0.279 e. The van der Waals surface area contributed by atoms with Gasteiger partial charge in [0.25, 0.3) is 0 Å². The van der Waals surface area contributed by atoms with Crippen molar-refractivity contribution < 1.29 is 13.2 Å². The molecule has 1 aromatic carbocycles. The molecule has 0 bridgehead atoms. The van der Waals surface area contributed by atoms with Crippen molar-refractivity contribution >= 4 is 38.3 Å². The fourth-order valence-corrected chi connectivity index (χ4v) is 3.21. The average molecular weight is 357 g/mol. The summed E-state index contributed by atoms with van der Waals surface area (Å²) in [7, 11) is -3.59. The van der Waals surface area contributed by atoms with E-state index >= 15 is 0 Å². The van der Waals surface area contributed by atoms with Crippen LogP contribution in [-0.4, -0.2) is 29.3 Å². The van der Waals surface area contributed by atoms with Crippen LogP contribution >= 0.6 is 23.4 Å². The van der Waals surface area contributed by atoms with E-state index in [0.29, 0.717) is 0 Å². The first kappa shape index (κ1) is 16.9. The molecule has 1 aromatic heterocycles. The van der Waals surface area contributed by atoms with Gasteiger partial charge in [0, 0.05) is 4.90 Å². The van der Waals surface area contributed by atoms with Crippen LogP contribution in [0.4, 0.5) is 0 Å². The lowest BCUT2D eigenvalue weighted by Crippen LogP contribution is -2.12. The summed E-state index contributed by atoms with van der Waals surface area (Å²) < 4.78 is 23.6. The van der Waals surface area contributed by atoms with Gasteiger partial charge in [-0.05, 0) is 30.8 Å². The van der Waals surface area contributed by atoms with Crippen LogP contribution in [0.3, 0.4) is 0 Å². The van der Waals surface area contributed by atoms with Crippen LogP contribution in [0.25, 0.3) is 0 Å². The number of carbonyl (C=O) groups excluding carboxylic acids is 1. The summed E-state index contributed by atoms with van der Waals surface area (Å²) >= 11 is 6.86. The summed E-state index contributed by atoms with van der Waals surface area (Å²) in [5, 5.41) is -0.782. The lowest BCUT2D eigenvalue weighted by Gasteiger charge is -2.05. The third-order valence-corrected chi connectivity index (χ3v) is 5.48. The third-order valence-electron chi connectivity index (χ3n) is 2.81. The van der Waals surface area contributed by atoms with Gasteiger partial charge in [0.05, 0.1) is 17.0 Å². The van der Waals surface area contributed by atoms with Crippen molar-refractivity contribution in [1.82, 2.24) is 9.97 Å². The zero-order valence-corrected chi connectivity index (χ0v) is 14.3. The zero-order chi connectivity index (χ0) is 16.3. The molecule has 0 aliphatic rings. The van der Waals surface area contributed by atoms with Gasteiger partial charge in [0.1, 0.15) is 5.69 Å². The number of benzene rings is 1. The second-order valence-corrected chi connectivity index (χ2v) is 8.08. The molecule has 0 aliphatic carbocycles. The second kappa shape index (κ2) is 6.76. The first-order valence-corrected chi connectivity index (χ1v) is 9.22. The monoisotopic (exact) mass is 356 g/mol. The van der Waals surface area contributed by atoms with E-state index in [9.17, 15) is 13.2 Å². The number of sulfone groups is 1. The second-order valence-electron chi connectivity index (χ2n) is 4.46. The average Bonchev–Trinajstić information content (AvgIpc) is 2.49. The highest BCUT2D eigenvalue weighted by molar-refractivity contribution is 8.14. The Morgan fingerprint density at radius 3 is 2.50 bits per heavy atom. The summed E-state index contributed by atoms with van der Waals surface area (Å²) in [6.45, 7) is 3.43. The molecule has 0 saturated carbocycles. The van der Waals surface area contributed by atoms with E-state index in [1.165, 1.54) is 6.92 Å². The first-order valence-electron chi connectivity index (χ1n) is 6.37. The van der Waals surface area contributed by atoms with Crippen molar-refractivity contribution in [3.63, 3.8) is 0 Å². The third kappa shape index (κ3) is 3.85. The Bertz CT molecular complexity index is 805. The van der Waals surface area contributed by atoms with Gasteiger partial charge in [-0.2, -0.15) is 0 Å². The number of halogens is 1. The number of hydrogen-bond donors (Lipinski definition) is 0. The number of hydrogen-bond acceptors (Lipinski definition) is 6. The lowest BCUT2D eigenvalue weighted by atomic mass is 10.2. The molecule has 0 radical (unpaired) electrons. The fraction of sp³-hybridized carbons (Fsp3) is 0.214. The molecule has 0 fully saturated rings. The number of nitrogens with zero attached hydrogens (tertiary/aromatic N) is 2. The number of thioether (sulfide) groups is 1. The van der Waals surface area contributed by atoms with Gasteiger partial charge in [-0.3, -0.25) is 4.79 Å². The van der Waals surface area contributed by atoms with Crippen molar-refractivity contribution in [2.24, 2.45) is 0 Å². The van der Waals surface area contributed by atoms with E-state index in [1.54, 1.807) is 12.1 Å². The molecule has 8 heteroatoms. The highest BCUT2D eigenvalue weighted by atomic mass is 35.5. The van der Waals surface area contributed by atoms with Gasteiger partial charge in [-0.1, -0.05) is 36.2 Å². The molecule has 0 unspecified atom stereocenters. The minimum absolute atomic E-state index is 0.0275. The Kier molecular flexibility index (Phi) is 5.20. The molecule has 0 atom stereocenters. The molecular weight excluding hydrogens is 344 g/mol. The summed E-state index contributed by atoms with van der Waals surface area (Å²) in [6, 6.07) is 7.36. The van der Waals surface area contributed by atoms with Crippen molar-refractivity contribution in [2.45, 2.75) is 23.9 Å². The normalized spacial score (nSPS) is 11.4. The predicted octanol–water partition coefficient (Wildman–Crippen LogP) is 3.16. The van der Waals surface area contributed by atoms with Crippen molar-refractivity contribution in [1.29, 1.82) is 0 Å². The molecule has 5 nitrogen and oxygen atoms in total. The molecule has 0 N–H and O–H groups in total. The molecule has 0 spiro atoms. The molecule has 1 heterocycles. The fourth-order valence-electron chi connectivity index (χ4n) is 1.53. The number of aryl methyl sites for hydroxylation is 1. The summed E-state index contributed by atoms with van der Waals surface area (Å²) in [5.74, 6) is -0.145. The summed E-state index contributed by atoms with van der Waals surface area (Å²) in [6.07, 6.45) is 1.14. The summed E-state index contributed by atoms with van der Waals surface area (Å²) in [5.41, 5.74) is 0.974. The lowest BCUT2D eigenvalue weighted by molar-refractivity contribution is 0.108. The SMILES string of the molecule is CCS(=O)(=O)c1ncc(Cl)c(C(=O)Sc2ccc(C)cc2)n1. The minimum atomic E-state index is -3.59. The van der Waals surface area contributed by atoms with Crippen LogP contribution < -0.4 is 0 Å². The van der Waals surface area contributed by atoms with Crippen LogP contribution in [0, 0.1) is 6.92 Å². The van der Waals surface area contributed by atoms with Crippen molar-refractivity contribution in [2.75, 3.05) is 5.75 Å². The van der Waals surface area contributed by atoms with E-state index < -0.39 is 15.0 Å². The molecule has 0 amide bonds. The van der Waals surface area contributed by atoms with Crippen LogP contribution in [0.1, 0.15) is 23.0 Å². The van der Waals surface area contributed by atoms with Crippen LogP contribution in [0.15, 0.2) is 40.5 Å². The molecule has 22 heavy (non-hydrogen) atoms.